The van der Waals surface area contributed by atoms with Crippen molar-refractivity contribution in [3.05, 3.63) is 51.3 Å². The van der Waals surface area contributed by atoms with Crippen molar-refractivity contribution in [1.82, 2.24) is 13.9 Å². The Bertz CT molecular complexity index is 1060. The van der Waals surface area contributed by atoms with E-state index in [1.54, 1.807) is 16.8 Å². The highest BCUT2D eigenvalue weighted by molar-refractivity contribution is 5.46. The topological polar surface area (TPSA) is 72.7 Å². The van der Waals surface area contributed by atoms with Gasteiger partial charge in [-0.15, -0.1) is 0 Å². The van der Waals surface area contributed by atoms with Gasteiger partial charge in [-0.2, -0.15) is 5.26 Å². The molecule has 112 valence electrons. The van der Waals surface area contributed by atoms with Crippen molar-refractivity contribution in [3.63, 3.8) is 0 Å². The number of hydrogen-bond acceptors (Lipinski definition) is 3. The van der Waals surface area contributed by atoms with Crippen molar-refractivity contribution >= 4 is 0 Å². The molecule has 4 aliphatic carbocycles. The number of rotatable bonds is 1. The summed E-state index contributed by atoms with van der Waals surface area (Å²) in [6, 6.07) is 11.6. The first-order valence-electron chi connectivity index (χ1n) is 8.17. The molecule has 4 saturated carbocycles. The van der Waals surface area contributed by atoms with Gasteiger partial charge in [-0.05, 0) is 35.8 Å². The predicted molar refractivity (Wildman–Crippen MR) is 77.9 cm³/mol. The van der Waals surface area contributed by atoms with Crippen LogP contribution in [0, 0.1) is 46.8 Å². The number of hydrogen-bond donors (Lipinski definition) is 0. The number of benzene rings is 1. The van der Waals surface area contributed by atoms with Crippen LogP contribution in [0.25, 0.3) is 5.69 Å². The second-order valence-corrected chi connectivity index (χ2v) is 7.68. The Hall–Kier alpha value is -2.55. The van der Waals surface area contributed by atoms with E-state index < -0.39 is 5.54 Å². The van der Waals surface area contributed by atoms with E-state index in [1.807, 2.05) is 18.2 Å². The highest BCUT2D eigenvalue weighted by Gasteiger charge is 2.96. The van der Waals surface area contributed by atoms with E-state index in [0.717, 1.165) is 5.92 Å². The zero-order chi connectivity index (χ0) is 15.2. The van der Waals surface area contributed by atoms with Gasteiger partial charge in [0, 0.05) is 11.8 Å². The average Bonchev–Trinajstić information content (AvgIpc) is 2.80. The number of para-hydroxylation sites is 1. The summed E-state index contributed by atoms with van der Waals surface area (Å²) in [5.41, 5.74) is -0.797. The summed E-state index contributed by atoms with van der Waals surface area (Å²) in [7, 11) is 0. The fourth-order valence-corrected chi connectivity index (χ4v) is 7.10. The molecule has 0 spiro atoms. The quantitative estimate of drug-likeness (QED) is 0.762. The zero-order valence-electron chi connectivity index (χ0n) is 12.0. The maximum atomic E-state index is 13.0. The highest BCUT2D eigenvalue weighted by atomic mass is 16.2. The lowest BCUT2D eigenvalue weighted by Crippen LogP contribution is -2.97. The Morgan fingerprint density at radius 3 is 2.30 bits per heavy atom. The van der Waals surface area contributed by atoms with Gasteiger partial charge in [-0.25, -0.2) is 23.5 Å². The van der Waals surface area contributed by atoms with Crippen molar-refractivity contribution in [3.8, 4) is 11.8 Å². The van der Waals surface area contributed by atoms with E-state index in [4.69, 9.17) is 0 Å². The van der Waals surface area contributed by atoms with E-state index >= 15 is 0 Å². The molecular weight excluding hydrogens is 292 g/mol. The molecular formula is C17H12N4O2. The Morgan fingerprint density at radius 1 is 0.957 bits per heavy atom. The van der Waals surface area contributed by atoms with Crippen molar-refractivity contribution in [2.45, 2.75) is 11.6 Å². The fraction of sp³-hybridized carbons (Fsp3) is 0.471. The average molecular weight is 304 g/mol. The van der Waals surface area contributed by atoms with Gasteiger partial charge in [0.25, 0.3) is 0 Å². The molecule has 4 unspecified atom stereocenters. The SMILES string of the molecule is N#CC12[C@H]3C4C5[C@@H]3C([C@H]5[C@H]41)n1c(=O)n(-c3ccccc3)c(=O)n12. The molecule has 0 saturated heterocycles. The van der Waals surface area contributed by atoms with Crippen LogP contribution < -0.4 is 11.4 Å². The third-order valence-electron chi connectivity index (χ3n) is 7.60. The smallest absolute Gasteiger partial charge is 0.245 e. The van der Waals surface area contributed by atoms with Gasteiger partial charge in [-0.3, -0.25) is 0 Å². The number of aromatic nitrogens is 3. The molecule has 6 nitrogen and oxygen atoms in total. The molecule has 8 rings (SSSR count). The molecule has 1 aromatic heterocycles. The van der Waals surface area contributed by atoms with E-state index in [2.05, 4.69) is 6.07 Å². The van der Waals surface area contributed by atoms with Gasteiger partial charge >= 0.3 is 11.4 Å². The van der Waals surface area contributed by atoms with Gasteiger partial charge in [0.15, 0.2) is 5.54 Å². The Labute approximate surface area is 130 Å². The second kappa shape index (κ2) is 2.82. The maximum absolute atomic E-state index is 13.0. The van der Waals surface area contributed by atoms with Gasteiger partial charge in [0.05, 0.1) is 17.8 Å². The summed E-state index contributed by atoms with van der Waals surface area (Å²) < 4.78 is 4.40. The molecule has 3 heterocycles. The lowest BCUT2D eigenvalue weighted by Gasteiger charge is -2.93. The van der Waals surface area contributed by atoms with Crippen LogP contribution in [0.1, 0.15) is 6.04 Å². The summed E-state index contributed by atoms with van der Waals surface area (Å²) in [6.07, 6.45) is 0. The third kappa shape index (κ3) is 0.724. The summed E-state index contributed by atoms with van der Waals surface area (Å²) in [5, 5.41) is 9.92. The van der Waals surface area contributed by atoms with Crippen LogP contribution in [-0.2, 0) is 5.54 Å². The summed E-state index contributed by atoms with van der Waals surface area (Å²) >= 11 is 0. The first-order chi connectivity index (χ1) is 11.2. The third-order valence-corrected chi connectivity index (χ3v) is 7.60. The van der Waals surface area contributed by atoms with Crippen molar-refractivity contribution in [1.29, 1.82) is 5.26 Å². The largest absolute Gasteiger partial charge is 0.353 e. The molecule has 0 radical (unpaired) electrons. The summed E-state index contributed by atoms with van der Waals surface area (Å²) in [6.45, 7) is 0. The first kappa shape index (κ1) is 11.1. The van der Waals surface area contributed by atoms with Crippen LogP contribution in [0.4, 0.5) is 0 Å². The highest BCUT2D eigenvalue weighted by Crippen LogP contribution is 2.93. The molecule has 4 fully saturated rings. The molecule has 1 aromatic carbocycles. The van der Waals surface area contributed by atoms with Crippen LogP contribution in [0.3, 0.4) is 0 Å². The second-order valence-electron chi connectivity index (χ2n) is 7.68. The van der Waals surface area contributed by atoms with E-state index in [9.17, 15) is 14.9 Å². The van der Waals surface area contributed by atoms with Gasteiger partial charge in [0.2, 0.25) is 0 Å². The first-order valence-corrected chi connectivity index (χ1v) is 8.17. The lowest BCUT2D eigenvalue weighted by molar-refractivity contribution is -0.473. The van der Waals surface area contributed by atoms with Crippen molar-refractivity contribution in [2.24, 2.45) is 35.5 Å². The molecule has 2 bridgehead atoms. The monoisotopic (exact) mass is 304 g/mol. The standard InChI is InChI=1S/C17H12N4O2/c18-6-17-12-9-8-10(12)14(11(8)13(9)17)20-15(22)19(16(23)21(17)20)7-4-2-1-3-5-7/h1-5,8-14H/t8?,9?,10-,11+,12-,13-,14?,17?/m0/s1. The summed E-state index contributed by atoms with van der Waals surface area (Å²) in [4.78, 5) is 26.0. The van der Waals surface area contributed by atoms with E-state index in [0.29, 0.717) is 35.3 Å². The van der Waals surface area contributed by atoms with Crippen LogP contribution >= 0.6 is 0 Å². The zero-order valence-corrected chi connectivity index (χ0v) is 12.0. The van der Waals surface area contributed by atoms with Crippen molar-refractivity contribution in [2.75, 3.05) is 0 Å². The molecule has 0 amide bonds. The normalized spacial score (nSPS) is 48.0. The molecule has 6 heteroatoms. The molecule has 23 heavy (non-hydrogen) atoms. The van der Waals surface area contributed by atoms with Gasteiger partial charge < -0.3 is 0 Å². The van der Waals surface area contributed by atoms with E-state index in [-0.39, 0.29) is 17.4 Å². The van der Waals surface area contributed by atoms with Crippen LogP contribution in [-0.4, -0.2) is 13.9 Å². The van der Waals surface area contributed by atoms with Crippen molar-refractivity contribution < 1.29 is 0 Å². The molecule has 6 aliphatic rings. The van der Waals surface area contributed by atoms with Crippen LogP contribution in [0.2, 0.25) is 0 Å². The van der Waals surface area contributed by atoms with Crippen LogP contribution in [0.15, 0.2) is 39.9 Å². The minimum atomic E-state index is -0.750. The van der Waals surface area contributed by atoms with Gasteiger partial charge in [-0.1, -0.05) is 18.2 Å². The summed E-state index contributed by atoms with van der Waals surface area (Å²) in [5.74, 6) is 2.91. The Kier molecular flexibility index (Phi) is 1.36. The lowest BCUT2D eigenvalue weighted by atomic mass is 9.13. The molecule has 2 aromatic rings. The van der Waals surface area contributed by atoms with Crippen LogP contribution in [0.5, 0.6) is 0 Å². The molecule has 8 atom stereocenters. The molecule has 0 N–H and O–H groups in total. The number of nitriles is 1. The van der Waals surface area contributed by atoms with E-state index in [1.165, 1.54) is 9.25 Å². The maximum Gasteiger partial charge on any atom is 0.353 e. The number of nitrogens with zero attached hydrogens (tertiary/aromatic N) is 4. The predicted octanol–water partition coefficient (Wildman–Crippen LogP) is 0.326. The van der Waals surface area contributed by atoms with Gasteiger partial charge in [0.1, 0.15) is 0 Å². The minimum absolute atomic E-state index is 0.153. The molecule has 2 aliphatic heterocycles. The Balaban J connectivity index is 1.61. The minimum Gasteiger partial charge on any atom is -0.245 e. The fourth-order valence-electron chi connectivity index (χ4n) is 7.10. The Morgan fingerprint density at radius 2 is 1.65 bits per heavy atom.